The molecule has 1 aliphatic heterocycles. The predicted molar refractivity (Wildman–Crippen MR) is 200 cm³/mol. The number of nitrogens with zero attached hydrogens (tertiary/aromatic N) is 1. The molecule has 50 heavy (non-hydrogen) atoms. The number of esters is 2. The van der Waals surface area contributed by atoms with E-state index in [0.717, 1.165) is 76.4 Å². The van der Waals surface area contributed by atoms with Gasteiger partial charge in [0, 0.05) is 13.0 Å². The number of allylic oxidation sites excluding steroid dienone is 1. The molecule has 4 aliphatic rings. The van der Waals surface area contributed by atoms with Crippen LogP contribution >= 0.6 is 0 Å². The highest BCUT2D eigenvalue weighted by atomic mass is 16.7. The Balaban J connectivity index is 0.00000676. The first-order valence-electron chi connectivity index (χ1n) is 20.4. The molecule has 8 heteroatoms. The molecule has 8 nitrogen and oxygen atoms in total. The van der Waals surface area contributed by atoms with Crippen molar-refractivity contribution in [2.45, 2.75) is 156 Å². The summed E-state index contributed by atoms with van der Waals surface area (Å²) in [4.78, 5) is 40.5. The van der Waals surface area contributed by atoms with Crippen LogP contribution in [0.5, 0.6) is 0 Å². The normalized spacial score (nSPS) is 25.6. The van der Waals surface area contributed by atoms with Gasteiger partial charge in [0.05, 0.1) is 18.9 Å². The fourth-order valence-corrected chi connectivity index (χ4v) is 9.57. The van der Waals surface area contributed by atoms with Gasteiger partial charge in [0.1, 0.15) is 19.8 Å². The fourth-order valence-electron chi connectivity index (χ4n) is 9.57. The van der Waals surface area contributed by atoms with Crippen LogP contribution in [0, 0.1) is 35.0 Å². The smallest absolute Gasteiger partial charge is 0.465 e. The predicted octanol–water partition coefficient (Wildman–Crippen LogP) is 10.1. The Hall–Kier alpha value is -2.09. The van der Waals surface area contributed by atoms with E-state index in [1.165, 1.54) is 83.5 Å². The van der Waals surface area contributed by atoms with Crippen LogP contribution in [0.4, 0.5) is 4.79 Å². The van der Waals surface area contributed by atoms with Gasteiger partial charge in [0.15, 0.2) is 0 Å². The van der Waals surface area contributed by atoms with E-state index in [1.807, 2.05) is 6.08 Å². The lowest BCUT2D eigenvalue weighted by molar-refractivity contribution is -0.217. The van der Waals surface area contributed by atoms with E-state index in [-0.39, 0.29) is 44.6 Å². The van der Waals surface area contributed by atoms with Crippen LogP contribution in [-0.2, 0) is 28.5 Å². The van der Waals surface area contributed by atoms with Crippen molar-refractivity contribution < 1.29 is 33.3 Å². The molecule has 4 fully saturated rings. The number of likely N-dealkylation sites (tertiary alicyclic amines) is 1. The third-order valence-corrected chi connectivity index (χ3v) is 12.0. The van der Waals surface area contributed by atoms with Crippen molar-refractivity contribution in [2.24, 2.45) is 35.0 Å². The zero-order chi connectivity index (χ0) is 34.7. The Morgan fingerprint density at radius 2 is 1.38 bits per heavy atom. The van der Waals surface area contributed by atoms with Crippen molar-refractivity contribution >= 4 is 18.1 Å². The molecule has 1 heterocycles. The van der Waals surface area contributed by atoms with Crippen LogP contribution in [0.15, 0.2) is 12.7 Å². The number of carbonyl (C=O) groups excluding carboxylic acids is 3. The zero-order valence-electron chi connectivity index (χ0n) is 31.0. The van der Waals surface area contributed by atoms with E-state index in [0.29, 0.717) is 31.3 Å². The number of hydrogen-bond acceptors (Lipinski definition) is 8. The second-order valence-electron chi connectivity index (χ2n) is 16.0. The van der Waals surface area contributed by atoms with E-state index in [4.69, 9.17) is 18.9 Å². The minimum absolute atomic E-state index is 0. The average molecular weight is 704 g/mol. The van der Waals surface area contributed by atoms with Gasteiger partial charge >= 0.3 is 18.1 Å². The monoisotopic (exact) mass is 704 g/mol. The fraction of sp³-hybridized carbons (Fsp3) is 0.881. The molecule has 0 N–H and O–H groups in total. The van der Waals surface area contributed by atoms with Gasteiger partial charge in [0.25, 0.3) is 0 Å². The van der Waals surface area contributed by atoms with Crippen LogP contribution in [0.2, 0.25) is 0 Å². The largest absolute Gasteiger partial charge is 0.508 e. The van der Waals surface area contributed by atoms with Gasteiger partial charge in [0.2, 0.25) is 0 Å². The SMILES string of the molecule is C.C=CC[C@@H]1C[C@@H]2C[C@H]3CC(CC(=O)OCC(COC(=O)CCCCCCCCCCCCCC)COC(=O)OCCCN4CCCC4)(C1)C23. The van der Waals surface area contributed by atoms with Crippen molar-refractivity contribution in [1.82, 2.24) is 4.90 Å². The molecule has 3 unspecified atom stereocenters. The Morgan fingerprint density at radius 3 is 2.02 bits per heavy atom. The average Bonchev–Trinajstić information content (AvgIpc) is 3.58. The topological polar surface area (TPSA) is 91.4 Å². The molecular weight excluding hydrogens is 630 g/mol. The lowest BCUT2D eigenvalue weighted by Gasteiger charge is -2.70. The van der Waals surface area contributed by atoms with Gasteiger partial charge in [-0.15, -0.1) is 6.58 Å². The van der Waals surface area contributed by atoms with Crippen LogP contribution in [-0.4, -0.2) is 69.1 Å². The minimum atomic E-state index is -0.730. The summed E-state index contributed by atoms with van der Waals surface area (Å²) in [5, 5.41) is 0. The Labute approximate surface area is 305 Å². The molecule has 3 aliphatic carbocycles. The number of hydrogen-bond donors (Lipinski definition) is 0. The van der Waals surface area contributed by atoms with Gasteiger partial charge in [-0.2, -0.15) is 0 Å². The first-order chi connectivity index (χ1) is 23.9. The molecule has 3 saturated carbocycles. The summed E-state index contributed by atoms with van der Waals surface area (Å²) < 4.78 is 22.1. The maximum Gasteiger partial charge on any atom is 0.508 e. The lowest BCUT2D eigenvalue weighted by Crippen LogP contribution is -2.63. The maximum atomic E-state index is 13.2. The standard InChI is InChI=1S/C41H69NO7.CH4/c1-3-5-6-7-8-9-10-11-12-13-14-15-20-37(43)47-30-34(32-49-40(45)46-24-18-23-42-21-16-17-22-42)31-48-38(44)29-41-27-33(19-4-2)25-35-26-36(28-41)39(35)41;/h4,33-36,39H,2-3,5-32H2,1H3;1H4/t33-,34?,35-,36+,39?,41?;/m1./s1. The molecule has 288 valence electrons. The van der Waals surface area contributed by atoms with Crippen LogP contribution in [0.25, 0.3) is 0 Å². The molecule has 4 rings (SSSR count). The Kier molecular flexibility index (Phi) is 19.9. The van der Waals surface area contributed by atoms with Crippen LogP contribution in [0.1, 0.15) is 156 Å². The maximum absolute atomic E-state index is 13.2. The summed E-state index contributed by atoms with van der Waals surface area (Å²) >= 11 is 0. The third kappa shape index (κ3) is 14.1. The first kappa shape index (κ1) is 42.3. The molecule has 0 bridgehead atoms. The highest BCUT2D eigenvalue weighted by molar-refractivity contribution is 5.71. The minimum Gasteiger partial charge on any atom is -0.465 e. The van der Waals surface area contributed by atoms with E-state index in [9.17, 15) is 14.4 Å². The van der Waals surface area contributed by atoms with Gasteiger partial charge in [-0.3, -0.25) is 9.59 Å². The quantitative estimate of drug-likeness (QED) is 0.0361. The lowest BCUT2D eigenvalue weighted by atomic mass is 9.34. The number of ether oxygens (including phenoxy) is 4. The van der Waals surface area contributed by atoms with Crippen molar-refractivity contribution in [3.63, 3.8) is 0 Å². The number of carbonyl (C=O) groups is 3. The highest BCUT2D eigenvalue weighted by Gasteiger charge is 2.65. The van der Waals surface area contributed by atoms with Gasteiger partial charge in [-0.25, -0.2) is 4.79 Å². The number of unbranched alkanes of at least 4 members (excludes halogenated alkanes) is 11. The molecule has 0 spiro atoms. The van der Waals surface area contributed by atoms with E-state index < -0.39 is 12.1 Å². The highest BCUT2D eigenvalue weighted by Crippen LogP contribution is 2.72. The molecule has 0 aromatic heterocycles. The van der Waals surface area contributed by atoms with E-state index in [2.05, 4.69) is 18.4 Å². The molecular formula is C42H73NO7. The van der Waals surface area contributed by atoms with E-state index >= 15 is 0 Å². The third-order valence-electron chi connectivity index (χ3n) is 12.0. The zero-order valence-corrected chi connectivity index (χ0v) is 31.0. The van der Waals surface area contributed by atoms with Crippen molar-refractivity contribution in [1.29, 1.82) is 0 Å². The molecule has 0 amide bonds. The second kappa shape index (κ2) is 23.5. The molecule has 0 radical (unpaired) electrons. The molecule has 0 aromatic rings. The molecule has 0 aromatic carbocycles. The first-order valence-corrected chi connectivity index (χ1v) is 20.4. The van der Waals surface area contributed by atoms with Gasteiger partial charge in [-0.05, 0) is 100.0 Å². The van der Waals surface area contributed by atoms with Crippen molar-refractivity contribution in [2.75, 3.05) is 46.1 Å². The summed E-state index contributed by atoms with van der Waals surface area (Å²) in [5.41, 5.74) is 0.0716. The Morgan fingerprint density at radius 1 is 0.760 bits per heavy atom. The van der Waals surface area contributed by atoms with E-state index in [1.54, 1.807) is 0 Å². The summed E-state index contributed by atoms with van der Waals surface area (Å²) in [6.45, 7) is 9.73. The second-order valence-corrected chi connectivity index (χ2v) is 16.0. The summed E-state index contributed by atoms with van der Waals surface area (Å²) in [5.74, 6) is 1.93. The van der Waals surface area contributed by atoms with Crippen LogP contribution < -0.4 is 0 Å². The number of rotatable bonds is 27. The Bertz CT molecular complexity index is 997. The summed E-state index contributed by atoms with van der Waals surface area (Å²) in [7, 11) is 0. The van der Waals surface area contributed by atoms with Gasteiger partial charge < -0.3 is 23.8 Å². The van der Waals surface area contributed by atoms with Crippen molar-refractivity contribution in [3.8, 4) is 0 Å². The summed E-state index contributed by atoms with van der Waals surface area (Å²) in [6.07, 6.45) is 26.0. The van der Waals surface area contributed by atoms with Gasteiger partial charge in [-0.1, -0.05) is 91.1 Å². The van der Waals surface area contributed by atoms with Crippen LogP contribution in [0.3, 0.4) is 0 Å². The molecule has 1 saturated heterocycles. The molecule has 6 atom stereocenters. The van der Waals surface area contributed by atoms with Crippen molar-refractivity contribution in [3.05, 3.63) is 12.7 Å². The summed E-state index contributed by atoms with van der Waals surface area (Å²) in [6, 6.07) is 0.